The Morgan fingerprint density at radius 3 is 2.33 bits per heavy atom. The molecule has 1 atom stereocenters. The van der Waals surface area contributed by atoms with Crippen molar-refractivity contribution in [2.45, 2.75) is 24.8 Å². The van der Waals surface area contributed by atoms with Crippen LogP contribution in [0.2, 0.25) is 0 Å². The molecule has 0 saturated carbocycles. The van der Waals surface area contributed by atoms with E-state index in [0.717, 1.165) is 5.56 Å². The maximum atomic E-state index is 12.6. The van der Waals surface area contributed by atoms with Crippen molar-refractivity contribution in [3.05, 3.63) is 59.7 Å². The lowest BCUT2D eigenvalue weighted by atomic mass is 10.2. The summed E-state index contributed by atoms with van der Waals surface area (Å²) in [5, 5.41) is 2.63. The summed E-state index contributed by atoms with van der Waals surface area (Å²) in [7, 11) is -4.02. The number of aryl methyl sites for hydroxylation is 1. The number of nitrogens with zero attached hydrogens (tertiary/aromatic N) is 1. The first kappa shape index (κ1) is 16.2. The molecule has 0 bridgehead atoms. The first-order valence-electron chi connectivity index (χ1n) is 7.37. The van der Waals surface area contributed by atoms with Crippen LogP contribution in [0.4, 0.5) is 5.69 Å². The second-order valence-corrected chi connectivity index (χ2v) is 7.42. The smallest absolute Gasteiger partial charge is 0.269 e. The summed E-state index contributed by atoms with van der Waals surface area (Å²) < 4.78 is 25.8. The summed E-state index contributed by atoms with van der Waals surface area (Å²) in [6.07, 6.45) is 0. The van der Waals surface area contributed by atoms with Crippen molar-refractivity contribution in [2.24, 2.45) is 0 Å². The van der Waals surface area contributed by atoms with Crippen LogP contribution in [-0.4, -0.2) is 30.6 Å². The highest BCUT2D eigenvalue weighted by molar-refractivity contribution is 7.90. The summed E-state index contributed by atoms with van der Waals surface area (Å²) in [4.78, 5) is 24.8. The molecule has 1 heterocycles. The Labute approximate surface area is 140 Å². The van der Waals surface area contributed by atoms with Crippen LogP contribution in [0.25, 0.3) is 0 Å². The van der Waals surface area contributed by atoms with Gasteiger partial charge in [0.1, 0.15) is 10.9 Å². The van der Waals surface area contributed by atoms with Gasteiger partial charge in [0.25, 0.3) is 15.9 Å². The third-order valence-corrected chi connectivity index (χ3v) is 5.82. The molecule has 1 N–H and O–H groups in total. The largest absolute Gasteiger partial charge is 0.324 e. The molecule has 0 spiro atoms. The summed E-state index contributed by atoms with van der Waals surface area (Å²) >= 11 is 0. The van der Waals surface area contributed by atoms with Crippen molar-refractivity contribution in [1.82, 2.24) is 4.31 Å². The van der Waals surface area contributed by atoms with E-state index in [1.54, 1.807) is 24.3 Å². The predicted octanol–water partition coefficient (Wildman–Crippen LogP) is 2.17. The molecule has 0 aromatic heterocycles. The van der Waals surface area contributed by atoms with Crippen molar-refractivity contribution >= 4 is 27.5 Å². The molecule has 24 heavy (non-hydrogen) atoms. The number of carbonyl (C=O) groups excluding carboxylic acids is 2. The molecule has 3 rings (SSSR count). The van der Waals surface area contributed by atoms with Crippen LogP contribution in [0.15, 0.2) is 53.4 Å². The molecule has 7 heteroatoms. The van der Waals surface area contributed by atoms with Gasteiger partial charge in [0, 0.05) is 5.69 Å². The molecule has 1 aliphatic heterocycles. The molecule has 124 valence electrons. The van der Waals surface area contributed by atoms with Crippen LogP contribution in [0.3, 0.4) is 0 Å². The molecule has 2 aromatic carbocycles. The second kappa shape index (κ2) is 5.76. The number of benzene rings is 2. The Bertz CT molecular complexity index is 920. The second-order valence-electron chi connectivity index (χ2n) is 5.63. The molecular formula is C17H16N2O4S. The van der Waals surface area contributed by atoms with Crippen LogP contribution in [0.1, 0.15) is 22.8 Å². The van der Waals surface area contributed by atoms with Crippen LogP contribution in [-0.2, 0) is 14.8 Å². The maximum Gasteiger partial charge on any atom is 0.269 e. The number of anilines is 1. The molecule has 0 aliphatic carbocycles. The number of rotatable bonds is 3. The normalized spacial score (nSPS) is 16.6. The highest BCUT2D eigenvalue weighted by Crippen LogP contribution is 2.31. The Hall–Kier alpha value is -2.67. The average molecular weight is 344 g/mol. The van der Waals surface area contributed by atoms with Gasteiger partial charge >= 0.3 is 0 Å². The van der Waals surface area contributed by atoms with Crippen LogP contribution in [0, 0.1) is 6.92 Å². The van der Waals surface area contributed by atoms with Gasteiger partial charge in [-0.15, -0.1) is 0 Å². The van der Waals surface area contributed by atoms with Gasteiger partial charge in [-0.1, -0.05) is 29.8 Å². The number of nitrogens with one attached hydrogen (secondary N) is 1. The van der Waals surface area contributed by atoms with Gasteiger partial charge in [-0.05, 0) is 38.1 Å². The Morgan fingerprint density at radius 2 is 1.71 bits per heavy atom. The van der Waals surface area contributed by atoms with Crippen molar-refractivity contribution in [2.75, 3.05) is 5.32 Å². The molecule has 1 unspecified atom stereocenters. The fourth-order valence-electron chi connectivity index (χ4n) is 2.58. The molecule has 0 saturated heterocycles. The summed E-state index contributed by atoms with van der Waals surface area (Å²) in [5.41, 5.74) is 1.67. The SMILES string of the molecule is Cc1ccc(NC(=O)C(C)N2C(=O)c3ccccc3S2(=O)=O)cc1. The monoisotopic (exact) mass is 344 g/mol. The topological polar surface area (TPSA) is 83.6 Å². The zero-order valence-electron chi connectivity index (χ0n) is 13.2. The maximum absolute atomic E-state index is 12.6. The van der Waals surface area contributed by atoms with Crippen molar-refractivity contribution in [3.8, 4) is 0 Å². The number of hydrogen-bond acceptors (Lipinski definition) is 4. The minimum atomic E-state index is -4.02. The van der Waals surface area contributed by atoms with E-state index in [0.29, 0.717) is 9.99 Å². The Kier molecular flexibility index (Phi) is 3.88. The fourth-order valence-corrected chi connectivity index (χ4v) is 4.30. The quantitative estimate of drug-likeness (QED) is 0.925. The van der Waals surface area contributed by atoms with Crippen LogP contribution < -0.4 is 5.32 Å². The zero-order chi connectivity index (χ0) is 17.5. The van der Waals surface area contributed by atoms with Crippen molar-refractivity contribution in [3.63, 3.8) is 0 Å². The van der Waals surface area contributed by atoms with Crippen molar-refractivity contribution < 1.29 is 18.0 Å². The fraction of sp³-hybridized carbons (Fsp3) is 0.176. The van der Waals surface area contributed by atoms with E-state index in [2.05, 4.69) is 5.32 Å². The molecule has 6 nitrogen and oxygen atoms in total. The third kappa shape index (κ3) is 2.56. The minimum absolute atomic E-state index is 0.0648. The standard InChI is InChI=1S/C17H16N2O4S/c1-11-7-9-13(10-8-11)18-16(20)12(2)19-17(21)14-5-3-4-6-15(14)24(19,22)23/h3-10,12H,1-2H3,(H,18,20). The number of amides is 2. The summed E-state index contributed by atoms with van der Waals surface area (Å²) in [6, 6.07) is 11.9. The number of sulfonamides is 1. The minimum Gasteiger partial charge on any atom is -0.324 e. The summed E-state index contributed by atoms with van der Waals surface area (Å²) in [6.45, 7) is 3.31. The zero-order valence-corrected chi connectivity index (χ0v) is 14.0. The van der Waals surface area contributed by atoms with E-state index in [1.807, 2.05) is 19.1 Å². The highest BCUT2D eigenvalue weighted by atomic mass is 32.2. The number of fused-ring (bicyclic) bond motifs is 1. The lowest BCUT2D eigenvalue weighted by Gasteiger charge is -2.22. The van der Waals surface area contributed by atoms with E-state index in [-0.39, 0.29) is 10.5 Å². The molecule has 1 aliphatic rings. The van der Waals surface area contributed by atoms with Gasteiger partial charge in [-0.2, -0.15) is 0 Å². The average Bonchev–Trinajstić information content (AvgIpc) is 2.76. The lowest BCUT2D eigenvalue weighted by Crippen LogP contribution is -2.45. The third-order valence-electron chi connectivity index (χ3n) is 3.90. The van der Waals surface area contributed by atoms with Gasteiger partial charge in [0.05, 0.1) is 5.56 Å². The highest BCUT2D eigenvalue weighted by Gasteiger charge is 2.45. The molecular weight excluding hydrogens is 328 g/mol. The van der Waals surface area contributed by atoms with Gasteiger partial charge in [0.15, 0.2) is 0 Å². The Balaban J connectivity index is 1.87. The van der Waals surface area contributed by atoms with Crippen LogP contribution in [0.5, 0.6) is 0 Å². The number of hydrogen-bond donors (Lipinski definition) is 1. The van der Waals surface area contributed by atoms with E-state index in [9.17, 15) is 18.0 Å². The van der Waals surface area contributed by atoms with Gasteiger partial charge in [-0.25, -0.2) is 12.7 Å². The van der Waals surface area contributed by atoms with Crippen molar-refractivity contribution in [1.29, 1.82) is 0 Å². The van der Waals surface area contributed by atoms with E-state index >= 15 is 0 Å². The van der Waals surface area contributed by atoms with Crippen LogP contribution >= 0.6 is 0 Å². The number of carbonyl (C=O) groups is 2. The van der Waals surface area contributed by atoms with Gasteiger partial charge in [-0.3, -0.25) is 9.59 Å². The van der Waals surface area contributed by atoms with E-state index < -0.39 is 27.9 Å². The molecule has 2 aromatic rings. The van der Waals surface area contributed by atoms with Gasteiger partial charge < -0.3 is 5.32 Å². The molecule has 0 fully saturated rings. The molecule has 2 amide bonds. The first-order valence-corrected chi connectivity index (χ1v) is 8.81. The Morgan fingerprint density at radius 1 is 1.08 bits per heavy atom. The summed E-state index contributed by atoms with van der Waals surface area (Å²) in [5.74, 6) is -1.25. The van der Waals surface area contributed by atoms with E-state index in [4.69, 9.17) is 0 Å². The molecule has 0 radical (unpaired) electrons. The predicted molar refractivity (Wildman–Crippen MR) is 89.1 cm³/mol. The van der Waals surface area contributed by atoms with Gasteiger partial charge in [0.2, 0.25) is 5.91 Å². The first-order chi connectivity index (χ1) is 11.3. The lowest BCUT2D eigenvalue weighted by molar-refractivity contribution is -0.118. The van der Waals surface area contributed by atoms with E-state index in [1.165, 1.54) is 19.1 Å².